The van der Waals surface area contributed by atoms with Gasteiger partial charge in [-0.1, -0.05) is 22.4 Å². The van der Waals surface area contributed by atoms with Gasteiger partial charge in [0, 0.05) is 4.47 Å². The molecular weight excluding hydrogens is 386 g/mol. The molecule has 0 unspecified atom stereocenters. The summed E-state index contributed by atoms with van der Waals surface area (Å²) in [6.45, 7) is 4.47. The minimum Gasteiger partial charge on any atom is -0.489 e. The van der Waals surface area contributed by atoms with E-state index < -0.39 is 0 Å². The Morgan fingerprint density at radius 1 is 1.25 bits per heavy atom. The van der Waals surface area contributed by atoms with Crippen LogP contribution in [0, 0.1) is 6.92 Å². The van der Waals surface area contributed by atoms with Crippen molar-refractivity contribution in [2.45, 2.75) is 32.2 Å². The van der Waals surface area contributed by atoms with Gasteiger partial charge >= 0.3 is 0 Å². The maximum atomic E-state index is 12.8. The van der Waals surface area contributed by atoms with Crippen molar-refractivity contribution in [3.63, 3.8) is 0 Å². The molecule has 0 bridgehead atoms. The summed E-state index contributed by atoms with van der Waals surface area (Å²) in [6.07, 6.45) is 3.63. The van der Waals surface area contributed by atoms with E-state index in [2.05, 4.69) is 36.8 Å². The van der Waals surface area contributed by atoms with E-state index >= 15 is 0 Å². The number of hydrogen-bond donors (Lipinski definition) is 0. The highest BCUT2D eigenvalue weighted by Gasteiger charge is 2.35. The molecule has 0 N–H and O–H groups in total. The fourth-order valence-electron chi connectivity index (χ4n) is 2.94. The summed E-state index contributed by atoms with van der Waals surface area (Å²) >= 11 is 7.06. The van der Waals surface area contributed by atoms with E-state index in [0.717, 1.165) is 27.6 Å². The number of Topliss-reactive ketones (excluding diaryl/α,β-unsaturated/α-hetero) is 1. The molecule has 1 aromatic rings. The summed E-state index contributed by atoms with van der Waals surface area (Å²) < 4.78 is 7.72. The fourth-order valence-corrected chi connectivity index (χ4v) is 4.17. The van der Waals surface area contributed by atoms with Gasteiger partial charge in [0.1, 0.15) is 18.4 Å². The monoisotopic (exact) mass is 401 g/mol. The first-order valence-electron chi connectivity index (χ1n) is 6.99. The Kier molecular flexibility index (Phi) is 4.20. The van der Waals surface area contributed by atoms with Crippen LogP contribution in [0.5, 0.6) is 5.75 Å². The lowest BCUT2D eigenvalue weighted by Crippen LogP contribution is -2.49. The van der Waals surface area contributed by atoms with Crippen LogP contribution in [0.15, 0.2) is 15.0 Å². The quantitative estimate of drug-likeness (QED) is 0.712. The third-order valence-electron chi connectivity index (χ3n) is 4.19. The number of ketones is 1. The summed E-state index contributed by atoms with van der Waals surface area (Å²) in [5, 5.41) is 0. The number of nitrogens with zero attached hydrogens (tertiary/aromatic N) is 1. The molecule has 5 heteroatoms. The molecule has 108 valence electrons. The van der Waals surface area contributed by atoms with Gasteiger partial charge in [0.2, 0.25) is 0 Å². The van der Waals surface area contributed by atoms with E-state index in [4.69, 9.17) is 4.74 Å². The minimum absolute atomic E-state index is 0.121. The summed E-state index contributed by atoms with van der Waals surface area (Å²) in [5.74, 6) is 0.888. The van der Waals surface area contributed by atoms with Crippen LogP contribution in [-0.2, 0) is 0 Å². The number of fused-ring (bicyclic) bond motifs is 1. The van der Waals surface area contributed by atoms with Gasteiger partial charge < -0.3 is 4.74 Å². The molecule has 2 aliphatic heterocycles. The van der Waals surface area contributed by atoms with Crippen LogP contribution in [-0.4, -0.2) is 36.4 Å². The van der Waals surface area contributed by atoms with Crippen LogP contribution in [0.2, 0.25) is 0 Å². The molecular formula is C15H17Br2NO2. The molecule has 1 saturated heterocycles. The molecule has 0 spiro atoms. The third kappa shape index (κ3) is 2.44. The molecule has 1 fully saturated rings. The average molecular weight is 403 g/mol. The van der Waals surface area contributed by atoms with Gasteiger partial charge in [-0.25, -0.2) is 0 Å². The van der Waals surface area contributed by atoms with Crippen LogP contribution in [0.25, 0.3) is 0 Å². The lowest BCUT2D eigenvalue weighted by Gasteiger charge is -2.36. The Morgan fingerprint density at radius 3 is 2.65 bits per heavy atom. The molecule has 0 aromatic heterocycles. The number of rotatable bonds is 1. The van der Waals surface area contributed by atoms with Crippen molar-refractivity contribution < 1.29 is 9.53 Å². The Bertz CT molecular complexity index is 553. The SMILES string of the molecule is Cc1c(Br)cc2c(c1Br)OC[C@@H](N1CCCCC1)C2=O. The van der Waals surface area contributed by atoms with Crippen molar-refractivity contribution in [3.8, 4) is 5.75 Å². The zero-order valence-corrected chi connectivity index (χ0v) is 14.6. The van der Waals surface area contributed by atoms with Crippen molar-refractivity contribution in [2.75, 3.05) is 19.7 Å². The van der Waals surface area contributed by atoms with E-state index in [1.54, 1.807) is 0 Å². The minimum atomic E-state index is -0.121. The Balaban J connectivity index is 1.94. The van der Waals surface area contributed by atoms with E-state index in [-0.39, 0.29) is 11.8 Å². The smallest absolute Gasteiger partial charge is 0.187 e. The number of halogens is 2. The predicted octanol–water partition coefficient (Wildman–Crippen LogP) is 3.95. The molecule has 0 radical (unpaired) electrons. The second-order valence-electron chi connectivity index (χ2n) is 5.46. The van der Waals surface area contributed by atoms with Crippen molar-refractivity contribution in [2.24, 2.45) is 0 Å². The number of hydrogen-bond acceptors (Lipinski definition) is 3. The number of piperidine rings is 1. The van der Waals surface area contributed by atoms with E-state index in [9.17, 15) is 4.79 Å². The Hall–Kier alpha value is -0.390. The molecule has 0 saturated carbocycles. The van der Waals surface area contributed by atoms with Gasteiger partial charge in [0.05, 0.1) is 10.0 Å². The van der Waals surface area contributed by atoms with E-state index in [0.29, 0.717) is 17.9 Å². The van der Waals surface area contributed by atoms with Gasteiger partial charge in [0.25, 0.3) is 0 Å². The maximum Gasteiger partial charge on any atom is 0.187 e. The summed E-state index contributed by atoms with van der Waals surface area (Å²) in [7, 11) is 0. The van der Waals surface area contributed by atoms with Crippen LogP contribution >= 0.6 is 31.9 Å². The predicted molar refractivity (Wildman–Crippen MR) is 85.6 cm³/mol. The highest BCUT2D eigenvalue weighted by atomic mass is 79.9. The topological polar surface area (TPSA) is 29.5 Å². The number of benzene rings is 1. The maximum absolute atomic E-state index is 12.8. The lowest BCUT2D eigenvalue weighted by atomic mass is 9.97. The van der Waals surface area contributed by atoms with Crippen molar-refractivity contribution in [1.82, 2.24) is 4.90 Å². The van der Waals surface area contributed by atoms with Crippen LogP contribution in [0.4, 0.5) is 0 Å². The first-order chi connectivity index (χ1) is 9.59. The first kappa shape index (κ1) is 14.5. The molecule has 0 aliphatic carbocycles. The van der Waals surface area contributed by atoms with Crippen molar-refractivity contribution in [1.29, 1.82) is 0 Å². The molecule has 2 aliphatic rings. The van der Waals surface area contributed by atoms with Crippen LogP contribution < -0.4 is 4.74 Å². The Labute approximate surface area is 135 Å². The summed E-state index contributed by atoms with van der Waals surface area (Å²) in [5.41, 5.74) is 1.75. The molecule has 1 aromatic carbocycles. The second kappa shape index (κ2) is 5.78. The van der Waals surface area contributed by atoms with Crippen LogP contribution in [0.3, 0.4) is 0 Å². The highest BCUT2D eigenvalue weighted by molar-refractivity contribution is 9.11. The normalized spacial score (nSPS) is 23.4. The highest BCUT2D eigenvalue weighted by Crippen LogP contribution is 2.40. The number of likely N-dealkylation sites (tertiary alicyclic amines) is 1. The average Bonchev–Trinajstić information content (AvgIpc) is 2.47. The summed E-state index contributed by atoms with van der Waals surface area (Å²) in [6, 6.07) is 1.78. The Morgan fingerprint density at radius 2 is 1.95 bits per heavy atom. The molecule has 1 atom stereocenters. The van der Waals surface area contributed by atoms with Gasteiger partial charge in [-0.3, -0.25) is 9.69 Å². The summed E-state index contributed by atoms with van der Waals surface area (Å²) in [4.78, 5) is 15.0. The largest absolute Gasteiger partial charge is 0.489 e. The number of carbonyl (C=O) groups excluding carboxylic acids is 1. The zero-order valence-electron chi connectivity index (χ0n) is 11.4. The molecule has 2 heterocycles. The van der Waals surface area contributed by atoms with Crippen molar-refractivity contribution >= 4 is 37.6 Å². The number of ether oxygens (including phenoxy) is 1. The van der Waals surface area contributed by atoms with E-state index in [1.165, 1.54) is 19.3 Å². The van der Waals surface area contributed by atoms with Gasteiger partial charge in [-0.05, 0) is 60.4 Å². The molecule has 3 rings (SSSR count). The van der Waals surface area contributed by atoms with Gasteiger partial charge in [-0.15, -0.1) is 0 Å². The van der Waals surface area contributed by atoms with Gasteiger partial charge in [0.15, 0.2) is 5.78 Å². The van der Waals surface area contributed by atoms with Gasteiger partial charge in [-0.2, -0.15) is 0 Å². The lowest BCUT2D eigenvalue weighted by molar-refractivity contribution is 0.0621. The molecule has 3 nitrogen and oxygen atoms in total. The van der Waals surface area contributed by atoms with Crippen molar-refractivity contribution in [3.05, 3.63) is 26.1 Å². The van der Waals surface area contributed by atoms with Crippen LogP contribution in [0.1, 0.15) is 35.2 Å². The van der Waals surface area contributed by atoms with E-state index in [1.807, 2.05) is 13.0 Å². The second-order valence-corrected chi connectivity index (χ2v) is 7.11. The third-order valence-corrected chi connectivity index (χ3v) is 5.97. The standard InChI is InChI=1S/C15H17Br2NO2/c1-9-11(16)7-10-14(19)12(8-20-15(10)13(9)17)18-5-3-2-4-6-18/h7,12H,2-6,8H2,1H3/t12-/m1/s1. The fraction of sp³-hybridized carbons (Fsp3) is 0.533. The molecule has 0 amide bonds. The first-order valence-corrected chi connectivity index (χ1v) is 8.58. The zero-order chi connectivity index (χ0) is 14.3. The molecule has 20 heavy (non-hydrogen) atoms. The number of carbonyl (C=O) groups is 1.